The van der Waals surface area contributed by atoms with Crippen molar-refractivity contribution in [3.63, 3.8) is 0 Å². The van der Waals surface area contributed by atoms with E-state index in [0.29, 0.717) is 35.7 Å². The van der Waals surface area contributed by atoms with Crippen LogP contribution in [0.4, 0.5) is 5.69 Å². The van der Waals surface area contributed by atoms with Gasteiger partial charge in [0.15, 0.2) is 0 Å². The molecule has 2 N–H and O–H groups in total. The van der Waals surface area contributed by atoms with Crippen LogP contribution >= 0.6 is 11.6 Å². The lowest BCUT2D eigenvalue weighted by Crippen LogP contribution is -2.27. The van der Waals surface area contributed by atoms with Crippen LogP contribution in [0.1, 0.15) is 20.7 Å². The van der Waals surface area contributed by atoms with Crippen LogP contribution in [0.2, 0.25) is 5.02 Å². The summed E-state index contributed by atoms with van der Waals surface area (Å²) >= 11 is 6.32. The molecule has 1 aromatic heterocycles. The summed E-state index contributed by atoms with van der Waals surface area (Å²) in [7, 11) is 1.56. The topological polar surface area (TPSA) is 85.3 Å². The molecule has 34 heavy (non-hydrogen) atoms. The summed E-state index contributed by atoms with van der Waals surface area (Å²) < 4.78 is 6.61. The SMILES string of the molecule is COCCNC(=O)c1ccc(NC(=O)c2cn(-c3ccccc3)nc2-c2ccccc2)cc1Cl. The average molecular weight is 475 g/mol. The highest BCUT2D eigenvalue weighted by molar-refractivity contribution is 6.34. The van der Waals surface area contributed by atoms with E-state index in [1.54, 1.807) is 36.2 Å². The van der Waals surface area contributed by atoms with Gasteiger partial charge in [-0.15, -0.1) is 0 Å². The fourth-order valence-electron chi connectivity index (χ4n) is 3.40. The Bertz CT molecular complexity index is 1290. The van der Waals surface area contributed by atoms with Gasteiger partial charge in [0, 0.05) is 31.1 Å². The molecule has 0 saturated carbocycles. The number of benzene rings is 3. The highest BCUT2D eigenvalue weighted by atomic mass is 35.5. The Kier molecular flexibility index (Phi) is 7.37. The summed E-state index contributed by atoms with van der Waals surface area (Å²) in [5.41, 5.74) is 3.41. The predicted molar refractivity (Wildman–Crippen MR) is 133 cm³/mol. The molecule has 0 aliphatic heterocycles. The van der Waals surface area contributed by atoms with Crippen LogP contribution in [-0.2, 0) is 4.74 Å². The van der Waals surface area contributed by atoms with E-state index >= 15 is 0 Å². The van der Waals surface area contributed by atoms with Crippen molar-refractivity contribution >= 4 is 29.1 Å². The molecule has 1 heterocycles. The number of carbonyl (C=O) groups excluding carboxylic acids is 2. The third-order valence-corrected chi connectivity index (χ3v) is 5.40. The lowest BCUT2D eigenvalue weighted by Gasteiger charge is -2.09. The summed E-state index contributed by atoms with van der Waals surface area (Å²) in [6.07, 6.45) is 1.70. The summed E-state index contributed by atoms with van der Waals surface area (Å²) in [5, 5.41) is 10.5. The Hall–Kier alpha value is -3.94. The minimum Gasteiger partial charge on any atom is -0.383 e. The van der Waals surface area contributed by atoms with Crippen LogP contribution in [-0.4, -0.2) is 41.9 Å². The fourth-order valence-corrected chi connectivity index (χ4v) is 3.67. The Morgan fingerprint density at radius 2 is 1.65 bits per heavy atom. The molecule has 2 amide bonds. The molecule has 0 bridgehead atoms. The van der Waals surface area contributed by atoms with Gasteiger partial charge in [0.05, 0.1) is 28.4 Å². The molecule has 7 nitrogen and oxygen atoms in total. The van der Waals surface area contributed by atoms with Crippen LogP contribution in [0, 0.1) is 0 Å². The van der Waals surface area contributed by atoms with Crippen molar-refractivity contribution in [2.45, 2.75) is 0 Å². The van der Waals surface area contributed by atoms with E-state index in [4.69, 9.17) is 16.3 Å². The molecule has 172 valence electrons. The Balaban J connectivity index is 1.60. The smallest absolute Gasteiger partial charge is 0.259 e. The van der Waals surface area contributed by atoms with Gasteiger partial charge >= 0.3 is 0 Å². The second-order valence-corrected chi connectivity index (χ2v) is 7.84. The zero-order valence-electron chi connectivity index (χ0n) is 18.5. The number of hydrogen-bond donors (Lipinski definition) is 2. The van der Waals surface area contributed by atoms with Crippen molar-refractivity contribution in [1.29, 1.82) is 0 Å². The number of halogens is 1. The van der Waals surface area contributed by atoms with E-state index in [1.807, 2.05) is 60.7 Å². The first kappa shape index (κ1) is 23.2. The third kappa shape index (κ3) is 5.33. The Morgan fingerprint density at radius 1 is 0.941 bits per heavy atom. The van der Waals surface area contributed by atoms with Gasteiger partial charge in [0.25, 0.3) is 11.8 Å². The van der Waals surface area contributed by atoms with Crippen LogP contribution in [0.15, 0.2) is 85.1 Å². The number of carbonyl (C=O) groups is 2. The monoisotopic (exact) mass is 474 g/mol. The summed E-state index contributed by atoms with van der Waals surface area (Å²) in [4.78, 5) is 25.5. The van der Waals surface area contributed by atoms with E-state index in [2.05, 4.69) is 15.7 Å². The Morgan fingerprint density at radius 3 is 2.32 bits per heavy atom. The molecule has 0 aliphatic carbocycles. The van der Waals surface area contributed by atoms with E-state index in [1.165, 1.54) is 0 Å². The normalized spacial score (nSPS) is 10.6. The maximum atomic E-state index is 13.3. The number of methoxy groups -OCH3 is 1. The number of aromatic nitrogens is 2. The van der Waals surface area contributed by atoms with E-state index in [9.17, 15) is 9.59 Å². The second-order valence-electron chi connectivity index (χ2n) is 7.43. The van der Waals surface area contributed by atoms with Crippen molar-refractivity contribution in [3.8, 4) is 16.9 Å². The van der Waals surface area contributed by atoms with Crippen LogP contribution in [0.5, 0.6) is 0 Å². The molecular formula is C26H23ClN4O3. The van der Waals surface area contributed by atoms with E-state index in [0.717, 1.165) is 11.3 Å². The molecule has 0 radical (unpaired) electrons. The molecule has 0 atom stereocenters. The van der Waals surface area contributed by atoms with Crippen molar-refractivity contribution in [3.05, 3.63) is 101 Å². The highest BCUT2D eigenvalue weighted by Gasteiger charge is 2.19. The molecule has 0 unspecified atom stereocenters. The number of nitrogens with zero attached hydrogens (tertiary/aromatic N) is 2. The van der Waals surface area contributed by atoms with Gasteiger partial charge in [0.1, 0.15) is 5.69 Å². The van der Waals surface area contributed by atoms with Gasteiger partial charge in [-0.1, -0.05) is 60.1 Å². The van der Waals surface area contributed by atoms with Crippen LogP contribution in [0.25, 0.3) is 16.9 Å². The van der Waals surface area contributed by atoms with Crippen molar-refractivity contribution in [1.82, 2.24) is 15.1 Å². The zero-order valence-corrected chi connectivity index (χ0v) is 19.3. The number of nitrogens with one attached hydrogen (secondary N) is 2. The fraction of sp³-hybridized carbons (Fsp3) is 0.115. The molecule has 3 aromatic carbocycles. The maximum absolute atomic E-state index is 13.3. The number of anilines is 1. The van der Waals surface area contributed by atoms with Crippen molar-refractivity contribution in [2.75, 3.05) is 25.6 Å². The maximum Gasteiger partial charge on any atom is 0.259 e. The first-order chi connectivity index (χ1) is 16.6. The molecular weight excluding hydrogens is 452 g/mol. The average Bonchev–Trinajstić information content (AvgIpc) is 3.31. The highest BCUT2D eigenvalue weighted by Crippen LogP contribution is 2.26. The molecule has 0 spiro atoms. The molecule has 0 aliphatic rings. The van der Waals surface area contributed by atoms with Gasteiger partial charge in [-0.05, 0) is 30.3 Å². The van der Waals surface area contributed by atoms with Crippen LogP contribution in [0.3, 0.4) is 0 Å². The molecule has 4 aromatic rings. The molecule has 4 rings (SSSR count). The van der Waals surface area contributed by atoms with Crippen LogP contribution < -0.4 is 10.6 Å². The van der Waals surface area contributed by atoms with Crippen molar-refractivity contribution in [2.24, 2.45) is 0 Å². The third-order valence-electron chi connectivity index (χ3n) is 5.09. The van der Waals surface area contributed by atoms with Gasteiger partial charge in [-0.3, -0.25) is 9.59 Å². The lowest BCUT2D eigenvalue weighted by molar-refractivity contribution is 0.0936. The summed E-state index contributed by atoms with van der Waals surface area (Å²) in [5.74, 6) is -0.648. The minimum atomic E-state index is -0.339. The first-order valence-electron chi connectivity index (χ1n) is 10.7. The summed E-state index contributed by atoms with van der Waals surface area (Å²) in [6.45, 7) is 0.774. The van der Waals surface area contributed by atoms with Gasteiger partial charge in [0.2, 0.25) is 0 Å². The predicted octanol–water partition coefficient (Wildman–Crippen LogP) is 4.82. The molecule has 0 saturated heterocycles. The minimum absolute atomic E-state index is 0.232. The number of para-hydroxylation sites is 1. The zero-order chi connectivity index (χ0) is 23.9. The molecule has 8 heteroatoms. The van der Waals surface area contributed by atoms with Gasteiger partial charge in [-0.2, -0.15) is 5.10 Å². The number of ether oxygens (including phenoxy) is 1. The largest absolute Gasteiger partial charge is 0.383 e. The van der Waals surface area contributed by atoms with Crippen molar-refractivity contribution < 1.29 is 14.3 Å². The van der Waals surface area contributed by atoms with E-state index in [-0.39, 0.29) is 16.8 Å². The van der Waals surface area contributed by atoms with E-state index < -0.39 is 0 Å². The Labute approximate surface area is 202 Å². The quantitative estimate of drug-likeness (QED) is 0.358. The van der Waals surface area contributed by atoms with Gasteiger partial charge in [-0.25, -0.2) is 4.68 Å². The second kappa shape index (κ2) is 10.8. The number of hydrogen-bond acceptors (Lipinski definition) is 4. The number of amides is 2. The summed E-state index contributed by atoms with van der Waals surface area (Å²) in [6, 6.07) is 23.9. The first-order valence-corrected chi connectivity index (χ1v) is 11.0. The number of rotatable bonds is 8. The standard InChI is InChI=1S/C26H23ClN4O3/c1-34-15-14-28-25(32)21-13-12-19(16-23(21)27)29-26(33)22-17-31(20-10-6-3-7-11-20)30-24(22)18-8-4-2-5-9-18/h2-13,16-17H,14-15H2,1H3,(H,28,32)(H,29,33). The molecule has 0 fully saturated rings. The lowest BCUT2D eigenvalue weighted by atomic mass is 10.1. The van der Waals surface area contributed by atoms with Gasteiger partial charge < -0.3 is 15.4 Å².